The molecule has 0 aromatic carbocycles. The Labute approximate surface area is 140 Å². The number of alkyl halides is 3. The normalized spacial score (nSPS) is 12.6. The molecule has 0 aliphatic heterocycles. The Bertz CT molecular complexity index is 698. The topological polar surface area (TPSA) is 113 Å². The summed E-state index contributed by atoms with van der Waals surface area (Å²) in [5.74, 6) is -2.13. The van der Waals surface area contributed by atoms with Crippen LogP contribution in [0.3, 0.4) is 0 Å². The van der Waals surface area contributed by atoms with Crippen molar-refractivity contribution in [3.63, 3.8) is 0 Å². The zero-order chi connectivity index (χ0) is 17.2. The fourth-order valence-electron chi connectivity index (χ4n) is 1.58. The summed E-state index contributed by atoms with van der Waals surface area (Å²) in [5, 5.41) is 14.6. The third-order valence-electron chi connectivity index (χ3n) is 2.97. The Balaban J connectivity index is 0.00000288. The maximum atomic E-state index is 12.5. The minimum absolute atomic E-state index is 0. The molecular formula is C11H16ClF3N8O. The lowest BCUT2D eigenvalue weighted by Gasteiger charge is -2.09. The van der Waals surface area contributed by atoms with Crippen LogP contribution in [0.15, 0.2) is 0 Å². The first-order chi connectivity index (χ1) is 10.7. The maximum absolute atomic E-state index is 12.5. The number of hydrogen-bond donors (Lipinski definition) is 3. The lowest BCUT2D eigenvalue weighted by atomic mass is 10.3. The second kappa shape index (κ2) is 7.57. The molecule has 0 bridgehead atoms. The predicted molar refractivity (Wildman–Crippen MR) is 79.1 cm³/mol. The molecule has 2 heterocycles. The van der Waals surface area contributed by atoms with Gasteiger partial charge in [-0.3, -0.25) is 9.89 Å². The highest BCUT2D eigenvalue weighted by molar-refractivity contribution is 5.90. The van der Waals surface area contributed by atoms with E-state index < -0.39 is 17.9 Å². The van der Waals surface area contributed by atoms with Crippen molar-refractivity contribution >= 4 is 18.3 Å². The van der Waals surface area contributed by atoms with Gasteiger partial charge in [0.25, 0.3) is 11.9 Å². The Kier molecular flexibility index (Phi) is 6.26. The van der Waals surface area contributed by atoms with Crippen LogP contribution in [0.4, 0.5) is 13.2 Å². The summed E-state index contributed by atoms with van der Waals surface area (Å²) in [7, 11) is 1.75. The molecule has 2 aromatic rings. The Morgan fingerprint density at radius 1 is 1.38 bits per heavy atom. The van der Waals surface area contributed by atoms with Gasteiger partial charge in [0.1, 0.15) is 5.82 Å². The summed E-state index contributed by atoms with van der Waals surface area (Å²) in [6.07, 6.45) is -4.65. The molecule has 1 unspecified atom stereocenters. The average molecular weight is 369 g/mol. The standard InChI is InChI=1S/C11H15F3N8O.ClH/c1-5(15-3)4-16-8(23)7-17-6(2)22(21-7)10-18-9(19-20-10)11(12,13)14;/h5,15H,4H2,1-3H3,(H,16,23)(H,18,19,20);1H. The van der Waals surface area contributed by atoms with Crippen molar-refractivity contribution in [2.24, 2.45) is 0 Å². The van der Waals surface area contributed by atoms with Crippen LogP contribution >= 0.6 is 12.4 Å². The monoisotopic (exact) mass is 368 g/mol. The lowest BCUT2D eigenvalue weighted by molar-refractivity contribution is -0.144. The van der Waals surface area contributed by atoms with E-state index in [1.165, 1.54) is 6.92 Å². The zero-order valence-corrected chi connectivity index (χ0v) is 13.8. The van der Waals surface area contributed by atoms with Crippen molar-refractivity contribution in [2.45, 2.75) is 26.1 Å². The van der Waals surface area contributed by atoms with Crippen molar-refractivity contribution in [1.29, 1.82) is 0 Å². The number of rotatable bonds is 5. The molecule has 9 nitrogen and oxygen atoms in total. The van der Waals surface area contributed by atoms with Gasteiger partial charge in [0.05, 0.1) is 0 Å². The van der Waals surface area contributed by atoms with E-state index >= 15 is 0 Å². The summed E-state index contributed by atoms with van der Waals surface area (Å²) < 4.78 is 38.5. The minimum atomic E-state index is -4.65. The van der Waals surface area contributed by atoms with Crippen LogP contribution < -0.4 is 10.6 Å². The van der Waals surface area contributed by atoms with Gasteiger partial charge in [-0.1, -0.05) is 0 Å². The van der Waals surface area contributed by atoms with Gasteiger partial charge in [-0.05, 0) is 20.9 Å². The first-order valence-electron chi connectivity index (χ1n) is 6.61. The van der Waals surface area contributed by atoms with Gasteiger partial charge < -0.3 is 10.6 Å². The van der Waals surface area contributed by atoms with Gasteiger partial charge in [-0.2, -0.15) is 22.8 Å². The molecule has 2 rings (SSSR count). The van der Waals surface area contributed by atoms with E-state index in [1.54, 1.807) is 12.1 Å². The number of aryl methyl sites for hydroxylation is 1. The molecule has 0 fully saturated rings. The zero-order valence-electron chi connectivity index (χ0n) is 13.0. The molecule has 3 N–H and O–H groups in total. The van der Waals surface area contributed by atoms with Gasteiger partial charge in [-0.15, -0.1) is 22.6 Å². The number of likely N-dealkylation sites (N-methyl/N-ethyl adjacent to an activating group) is 1. The number of aromatic nitrogens is 6. The third-order valence-corrected chi connectivity index (χ3v) is 2.97. The van der Waals surface area contributed by atoms with Crippen LogP contribution in [-0.2, 0) is 6.18 Å². The SMILES string of the molecule is CNC(C)CNC(=O)c1nc(C)n(-c2n[nH]c(C(F)(F)F)n2)n1.Cl. The van der Waals surface area contributed by atoms with Crippen molar-refractivity contribution in [3.8, 4) is 5.95 Å². The molecule has 0 saturated heterocycles. The van der Waals surface area contributed by atoms with Gasteiger partial charge in [0, 0.05) is 12.6 Å². The Morgan fingerprint density at radius 2 is 2.04 bits per heavy atom. The highest BCUT2D eigenvalue weighted by atomic mass is 35.5. The fourth-order valence-corrected chi connectivity index (χ4v) is 1.58. The Morgan fingerprint density at radius 3 is 2.58 bits per heavy atom. The van der Waals surface area contributed by atoms with Crippen LogP contribution in [0.2, 0.25) is 0 Å². The van der Waals surface area contributed by atoms with Crippen LogP contribution in [0.1, 0.15) is 29.2 Å². The molecule has 0 aliphatic rings. The van der Waals surface area contributed by atoms with Crippen molar-refractivity contribution in [3.05, 3.63) is 17.5 Å². The predicted octanol–water partition coefficient (Wildman–Crippen LogP) is 0.472. The van der Waals surface area contributed by atoms with Crippen LogP contribution in [0, 0.1) is 6.92 Å². The van der Waals surface area contributed by atoms with Gasteiger partial charge in [-0.25, -0.2) is 4.98 Å². The highest BCUT2D eigenvalue weighted by Gasteiger charge is 2.35. The molecule has 0 radical (unpaired) electrons. The number of hydrogen-bond acceptors (Lipinski definition) is 6. The van der Waals surface area contributed by atoms with Crippen LogP contribution in [0.5, 0.6) is 0 Å². The molecule has 0 spiro atoms. The average Bonchev–Trinajstić information content (AvgIpc) is 3.10. The minimum Gasteiger partial charge on any atom is -0.348 e. The van der Waals surface area contributed by atoms with Crippen molar-refractivity contribution < 1.29 is 18.0 Å². The van der Waals surface area contributed by atoms with Gasteiger partial charge >= 0.3 is 6.18 Å². The highest BCUT2D eigenvalue weighted by Crippen LogP contribution is 2.26. The van der Waals surface area contributed by atoms with E-state index in [1.807, 2.05) is 6.92 Å². The molecule has 0 saturated carbocycles. The molecule has 2 aromatic heterocycles. The largest absolute Gasteiger partial charge is 0.451 e. The molecule has 24 heavy (non-hydrogen) atoms. The second-order valence-electron chi connectivity index (χ2n) is 4.78. The number of halogens is 4. The summed E-state index contributed by atoms with van der Waals surface area (Å²) in [5.41, 5.74) is 0. The fraction of sp³-hybridized carbons (Fsp3) is 0.545. The summed E-state index contributed by atoms with van der Waals surface area (Å²) in [6, 6.07) is 0.0458. The smallest absolute Gasteiger partial charge is 0.348 e. The first kappa shape index (κ1) is 19.8. The van der Waals surface area contributed by atoms with E-state index in [0.29, 0.717) is 6.54 Å². The number of amides is 1. The maximum Gasteiger partial charge on any atom is 0.451 e. The number of nitrogens with zero attached hydrogens (tertiary/aromatic N) is 5. The summed E-state index contributed by atoms with van der Waals surface area (Å²) >= 11 is 0. The van der Waals surface area contributed by atoms with E-state index in [4.69, 9.17) is 0 Å². The Hall–Kier alpha value is -2.21. The van der Waals surface area contributed by atoms with Crippen molar-refractivity contribution in [2.75, 3.05) is 13.6 Å². The molecule has 13 heteroatoms. The molecule has 134 valence electrons. The number of nitrogens with one attached hydrogen (secondary N) is 3. The number of aromatic amines is 1. The number of carbonyl (C=O) groups is 1. The summed E-state index contributed by atoms with van der Waals surface area (Å²) in [6.45, 7) is 3.69. The number of carbonyl (C=O) groups excluding carboxylic acids is 1. The van der Waals surface area contributed by atoms with E-state index in [-0.39, 0.29) is 36.0 Å². The first-order valence-corrected chi connectivity index (χ1v) is 6.61. The van der Waals surface area contributed by atoms with E-state index in [2.05, 4.69) is 30.8 Å². The molecule has 1 amide bonds. The van der Waals surface area contributed by atoms with Crippen LogP contribution in [-0.4, -0.2) is 55.5 Å². The number of H-pyrrole nitrogens is 1. The molecule has 0 aliphatic carbocycles. The van der Waals surface area contributed by atoms with Gasteiger partial charge in [0.15, 0.2) is 0 Å². The summed E-state index contributed by atoms with van der Waals surface area (Å²) in [4.78, 5) is 19.1. The van der Waals surface area contributed by atoms with Crippen molar-refractivity contribution in [1.82, 2.24) is 40.6 Å². The van der Waals surface area contributed by atoms with Gasteiger partial charge in [0.2, 0.25) is 11.6 Å². The molecular weight excluding hydrogens is 353 g/mol. The second-order valence-corrected chi connectivity index (χ2v) is 4.78. The third kappa shape index (κ3) is 4.41. The lowest BCUT2D eigenvalue weighted by Crippen LogP contribution is -2.37. The van der Waals surface area contributed by atoms with Crippen LogP contribution in [0.25, 0.3) is 5.95 Å². The quantitative estimate of drug-likeness (QED) is 0.707. The molecule has 1 atom stereocenters. The van der Waals surface area contributed by atoms with E-state index in [0.717, 1.165) is 4.68 Å². The van der Waals surface area contributed by atoms with E-state index in [9.17, 15) is 18.0 Å².